The van der Waals surface area contributed by atoms with E-state index in [1.54, 1.807) is 17.9 Å². The Morgan fingerprint density at radius 1 is 1.00 bits per heavy atom. The number of anilines is 1. The summed E-state index contributed by atoms with van der Waals surface area (Å²) in [5.41, 5.74) is 1.30. The SMILES string of the molecule is Cc1ccc(C)c(NS(=O)(=O)c2ccc3c(c2)c(=O)n(CCC(=O)N2CCCCC2)c(=O)n3C)c1. The predicted molar refractivity (Wildman–Crippen MR) is 135 cm³/mol. The summed E-state index contributed by atoms with van der Waals surface area (Å²) in [6.07, 6.45) is 3.04. The first-order valence-electron chi connectivity index (χ1n) is 11.7. The van der Waals surface area contributed by atoms with E-state index in [1.165, 1.54) is 29.8 Å². The smallest absolute Gasteiger partial charge is 0.331 e. The van der Waals surface area contributed by atoms with Crippen LogP contribution in [-0.2, 0) is 28.4 Å². The molecular weight excluding hydrogens is 468 g/mol. The molecule has 0 radical (unpaired) electrons. The average molecular weight is 499 g/mol. The maximum atomic E-state index is 13.2. The van der Waals surface area contributed by atoms with E-state index in [0.29, 0.717) is 24.3 Å². The highest BCUT2D eigenvalue weighted by Crippen LogP contribution is 2.22. The zero-order valence-electron chi connectivity index (χ0n) is 20.2. The van der Waals surface area contributed by atoms with Crippen molar-refractivity contribution in [1.82, 2.24) is 14.0 Å². The number of rotatable bonds is 6. The van der Waals surface area contributed by atoms with E-state index in [-0.39, 0.29) is 29.2 Å². The highest BCUT2D eigenvalue weighted by atomic mass is 32.2. The molecular formula is C25H30N4O5S. The Morgan fingerprint density at radius 3 is 2.43 bits per heavy atom. The number of carbonyl (C=O) groups is 1. The summed E-state index contributed by atoms with van der Waals surface area (Å²) in [4.78, 5) is 40.3. The number of hydrogen-bond acceptors (Lipinski definition) is 5. The molecule has 0 atom stereocenters. The van der Waals surface area contributed by atoms with Crippen LogP contribution < -0.4 is 16.0 Å². The molecule has 1 amide bonds. The number of carbonyl (C=O) groups excluding carboxylic acids is 1. The van der Waals surface area contributed by atoms with Crippen LogP contribution in [0, 0.1) is 13.8 Å². The number of sulfonamides is 1. The Bertz CT molecular complexity index is 1520. The number of aromatic nitrogens is 2. The van der Waals surface area contributed by atoms with Crippen molar-refractivity contribution in [1.29, 1.82) is 0 Å². The second kappa shape index (κ2) is 9.69. The first kappa shape index (κ1) is 24.7. The number of fused-ring (bicyclic) bond motifs is 1. The molecule has 0 saturated carbocycles. The lowest BCUT2D eigenvalue weighted by Gasteiger charge is -2.26. The third kappa shape index (κ3) is 5.02. The topological polar surface area (TPSA) is 110 Å². The van der Waals surface area contributed by atoms with E-state index in [1.807, 2.05) is 19.1 Å². The highest BCUT2D eigenvalue weighted by Gasteiger charge is 2.21. The van der Waals surface area contributed by atoms with E-state index >= 15 is 0 Å². The van der Waals surface area contributed by atoms with Gasteiger partial charge in [0, 0.05) is 33.1 Å². The van der Waals surface area contributed by atoms with Crippen LogP contribution in [0.4, 0.5) is 5.69 Å². The lowest BCUT2D eigenvalue weighted by atomic mass is 10.1. The lowest BCUT2D eigenvalue weighted by Crippen LogP contribution is -2.41. The van der Waals surface area contributed by atoms with Gasteiger partial charge in [-0.05, 0) is 68.5 Å². The van der Waals surface area contributed by atoms with Gasteiger partial charge in [0.25, 0.3) is 15.6 Å². The molecule has 35 heavy (non-hydrogen) atoms. The van der Waals surface area contributed by atoms with Crippen LogP contribution in [0.15, 0.2) is 50.9 Å². The molecule has 10 heteroatoms. The number of aryl methyl sites for hydroxylation is 3. The van der Waals surface area contributed by atoms with Crippen LogP contribution in [0.25, 0.3) is 10.9 Å². The molecule has 0 bridgehead atoms. The lowest BCUT2D eigenvalue weighted by molar-refractivity contribution is -0.132. The minimum absolute atomic E-state index is 0.0346. The molecule has 4 rings (SSSR count). The van der Waals surface area contributed by atoms with Gasteiger partial charge in [-0.1, -0.05) is 12.1 Å². The van der Waals surface area contributed by atoms with Gasteiger partial charge in [0.1, 0.15) is 0 Å². The molecule has 2 heterocycles. The third-order valence-corrected chi connectivity index (χ3v) is 7.89. The fourth-order valence-electron chi connectivity index (χ4n) is 4.42. The zero-order valence-corrected chi connectivity index (χ0v) is 21.0. The molecule has 0 spiro atoms. The number of nitrogens with zero attached hydrogens (tertiary/aromatic N) is 3. The van der Waals surface area contributed by atoms with Gasteiger partial charge in [-0.15, -0.1) is 0 Å². The Balaban J connectivity index is 1.68. The second-order valence-corrected chi connectivity index (χ2v) is 10.8. The fraction of sp³-hybridized carbons (Fsp3) is 0.400. The van der Waals surface area contributed by atoms with Crippen LogP contribution in [0.3, 0.4) is 0 Å². The van der Waals surface area contributed by atoms with Crippen molar-refractivity contribution in [3.63, 3.8) is 0 Å². The third-order valence-electron chi connectivity index (χ3n) is 6.53. The second-order valence-electron chi connectivity index (χ2n) is 9.09. The van der Waals surface area contributed by atoms with Gasteiger partial charge in [-0.3, -0.25) is 23.4 Å². The van der Waals surface area contributed by atoms with Gasteiger partial charge in [0.2, 0.25) is 5.91 Å². The molecule has 0 aliphatic carbocycles. The maximum absolute atomic E-state index is 13.2. The first-order valence-corrected chi connectivity index (χ1v) is 13.2. The van der Waals surface area contributed by atoms with Gasteiger partial charge in [-0.2, -0.15) is 0 Å². The summed E-state index contributed by atoms with van der Waals surface area (Å²) < 4.78 is 31.1. The Labute approximate surface area is 204 Å². The molecule has 9 nitrogen and oxygen atoms in total. The predicted octanol–water partition coefficient (Wildman–Crippen LogP) is 2.52. The van der Waals surface area contributed by atoms with Crippen molar-refractivity contribution in [2.45, 2.75) is 51.0 Å². The van der Waals surface area contributed by atoms with Gasteiger partial charge in [0.05, 0.1) is 21.5 Å². The van der Waals surface area contributed by atoms with Crippen LogP contribution in [0.5, 0.6) is 0 Å². The number of nitrogens with one attached hydrogen (secondary N) is 1. The standard InChI is InChI=1S/C25H30N4O5S/c1-17-7-8-18(2)21(15-17)26-35(33,34)19-9-10-22-20(16-19)24(31)29(25(32)27(22)3)14-11-23(30)28-12-5-4-6-13-28/h7-10,15-16,26H,4-6,11-14H2,1-3H3. The molecule has 3 aromatic rings. The van der Waals surface area contributed by atoms with Crippen LogP contribution in [0.1, 0.15) is 36.8 Å². The van der Waals surface area contributed by atoms with Crippen molar-refractivity contribution in [3.8, 4) is 0 Å². The molecule has 1 saturated heterocycles. The highest BCUT2D eigenvalue weighted by molar-refractivity contribution is 7.92. The van der Waals surface area contributed by atoms with Crippen LogP contribution in [0.2, 0.25) is 0 Å². The first-order chi connectivity index (χ1) is 16.6. The van der Waals surface area contributed by atoms with Gasteiger partial charge < -0.3 is 4.90 Å². The van der Waals surface area contributed by atoms with Crippen molar-refractivity contribution < 1.29 is 13.2 Å². The number of piperidine rings is 1. The van der Waals surface area contributed by atoms with Crippen molar-refractivity contribution in [2.75, 3.05) is 17.8 Å². The summed E-state index contributed by atoms with van der Waals surface area (Å²) in [6.45, 7) is 4.99. The molecule has 1 fully saturated rings. The largest absolute Gasteiger partial charge is 0.343 e. The van der Waals surface area contributed by atoms with E-state index in [0.717, 1.165) is 35.0 Å². The monoisotopic (exact) mass is 498 g/mol. The van der Waals surface area contributed by atoms with Crippen LogP contribution in [-0.4, -0.2) is 41.4 Å². The van der Waals surface area contributed by atoms with E-state index in [4.69, 9.17) is 0 Å². The van der Waals surface area contributed by atoms with E-state index in [2.05, 4.69) is 4.72 Å². The van der Waals surface area contributed by atoms with Crippen LogP contribution >= 0.6 is 0 Å². The van der Waals surface area contributed by atoms with E-state index in [9.17, 15) is 22.8 Å². The van der Waals surface area contributed by atoms with Gasteiger partial charge >= 0.3 is 5.69 Å². The van der Waals surface area contributed by atoms with Gasteiger partial charge in [0.15, 0.2) is 0 Å². The molecule has 2 aromatic carbocycles. The molecule has 1 N–H and O–H groups in total. The van der Waals surface area contributed by atoms with Crippen molar-refractivity contribution >= 4 is 32.5 Å². The maximum Gasteiger partial charge on any atom is 0.331 e. The quantitative estimate of drug-likeness (QED) is 0.562. The molecule has 1 aliphatic rings. The summed E-state index contributed by atoms with van der Waals surface area (Å²) in [7, 11) is -2.46. The van der Waals surface area contributed by atoms with Crippen molar-refractivity contribution in [2.24, 2.45) is 7.05 Å². The summed E-state index contributed by atoms with van der Waals surface area (Å²) >= 11 is 0. The number of benzene rings is 2. The molecule has 1 aliphatic heterocycles. The zero-order chi connectivity index (χ0) is 25.3. The normalized spacial score (nSPS) is 14.3. The minimum atomic E-state index is -3.98. The summed E-state index contributed by atoms with van der Waals surface area (Å²) in [5, 5.41) is 0.0985. The number of amides is 1. The summed E-state index contributed by atoms with van der Waals surface area (Å²) in [6, 6.07) is 9.57. The number of likely N-dealkylation sites (tertiary alicyclic amines) is 1. The minimum Gasteiger partial charge on any atom is -0.343 e. The number of hydrogen-bond donors (Lipinski definition) is 1. The Kier molecular flexibility index (Phi) is 6.84. The molecule has 0 unspecified atom stereocenters. The Hall–Kier alpha value is -3.40. The molecule has 1 aromatic heterocycles. The van der Waals surface area contributed by atoms with Gasteiger partial charge in [-0.25, -0.2) is 13.2 Å². The van der Waals surface area contributed by atoms with Crippen molar-refractivity contribution in [3.05, 3.63) is 68.4 Å². The fourth-order valence-corrected chi connectivity index (χ4v) is 5.57. The van der Waals surface area contributed by atoms with E-state index < -0.39 is 21.3 Å². The average Bonchev–Trinajstić information content (AvgIpc) is 2.84. The Morgan fingerprint density at radius 2 is 1.71 bits per heavy atom. The summed E-state index contributed by atoms with van der Waals surface area (Å²) in [5.74, 6) is -0.0900. The molecule has 186 valence electrons.